The average Bonchev–Trinajstić information content (AvgIpc) is 2.33. The maximum absolute atomic E-state index is 12.8. The van der Waals surface area contributed by atoms with Gasteiger partial charge in [-0.05, 0) is 30.3 Å². The van der Waals surface area contributed by atoms with E-state index in [1.807, 2.05) is 0 Å². The average molecular weight is 302 g/mol. The van der Waals surface area contributed by atoms with E-state index in [1.165, 1.54) is 24.3 Å². The van der Waals surface area contributed by atoms with Crippen LogP contribution in [0.5, 0.6) is 5.75 Å². The molecule has 4 nitrogen and oxygen atoms in total. The van der Waals surface area contributed by atoms with Crippen LogP contribution in [-0.2, 0) is 10.0 Å². The molecule has 2 N–H and O–H groups in total. The van der Waals surface area contributed by atoms with Crippen molar-refractivity contribution in [1.29, 1.82) is 0 Å². The lowest BCUT2D eigenvalue weighted by molar-refractivity contribution is 0.471. The van der Waals surface area contributed by atoms with Gasteiger partial charge in [0.2, 0.25) is 0 Å². The van der Waals surface area contributed by atoms with Gasteiger partial charge < -0.3 is 5.11 Å². The zero-order chi connectivity index (χ0) is 14.0. The van der Waals surface area contributed by atoms with Crippen LogP contribution in [0.25, 0.3) is 0 Å². The maximum Gasteiger partial charge on any atom is 0.262 e. The summed E-state index contributed by atoms with van der Waals surface area (Å²) >= 11 is 5.71. The highest BCUT2D eigenvalue weighted by Crippen LogP contribution is 2.26. The molecular weight excluding hydrogens is 293 g/mol. The van der Waals surface area contributed by atoms with Crippen LogP contribution in [0.2, 0.25) is 5.02 Å². The molecule has 0 aliphatic heterocycles. The Morgan fingerprint density at radius 1 is 1.16 bits per heavy atom. The van der Waals surface area contributed by atoms with Gasteiger partial charge in [0, 0.05) is 11.1 Å². The van der Waals surface area contributed by atoms with Crippen LogP contribution in [0.4, 0.5) is 10.1 Å². The first-order chi connectivity index (χ1) is 8.88. The fourth-order valence-corrected chi connectivity index (χ4v) is 2.80. The molecule has 7 heteroatoms. The van der Waals surface area contributed by atoms with Gasteiger partial charge in [0.15, 0.2) is 0 Å². The number of phenolic OH excluding ortho intramolecular Hbond substituents is 1. The summed E-state index contributed by atoms with van der Waals surface area (Å²) in [6, 6.07) is 8.63. The molecule has 0 bridgehead atoms. The Kier molecular flexibility index (Phi) is 3.64. The Hall–Kier alpha value is -1.79. The van der Waals surface area contributed by atoms with Crippen molar-refractivity contribution < 1.29 is 17.9 Å². The van der Waals surface area contributed by atoms with E-state index in [2.05, 4.69) is 4.72 Å². The second-order valence-electron chi connectivity index (χ2n) is 3.72. The first kappa shape index (κ1) is 13.6. The molecular formula is C12H9ClFNO3S. The lowest BCUT2D eigenvalue weighted by atomic mass is 10.3. The molecule has 0 fully saturated rings. The van der Waals surface area contributed by atoms with E-state index in [0.717, 1.165) is 18.2 Å². The fraction of sp³-hybridized carbons (Fsp3) is 0. The standard InChI is InChI=1S/C12H9ClFNO3S/c13-8-2-1-3-10(6-8)19(17,18)15-11-5-4-9(14)7-12(11)16/h1-7,15-16H. The van der Waals surface area contributed by atoms with Gasteiger partial charge >= 0.3 is 0 Å². The first-order valence-corrected chi connectivity index (χ1v) is 7.01. The van der Waals surface area contributed by atoms with E-state index in [4.69, 9.17) is 11.6 Å². The van der Waals surface area contributed by atoms with Crippen LogP contribution < -0.4 is 4.72 Å². The van der Waals surface area contributed by atoms with E-state index >= 15 is 0 Å². The number of sulfonamides is 1. The molecule has 0 heterocycles. The molecule has 0 atom stereocenters. The van der Waals surface area contributed by atoms with Crippen molar-refractivity contribution in [3.8, 4) is 5.75 Å². The van der Waals surface area contributed by atoms with Gasteiger partial charge in [0.25, 0.3) is 10.0 Å². The Balaban J connectivity index is 2.36. The van der Waals surface area contributed by atoms with Crippen molar-refractivity contribution in [3.63, 3.8) is 0 Å². The summed E-state index contributed by atoms with van der Waals surface area (Å²) in [4.78, 5) is -0.0521. The normalized spacial score (nSPS) is 11.3. The number of aromatic hydroxyl groups is 1. The second kappa shape index (κ2) is 5.07. The summed E-state index contributed by atoms with van der Waals surface area (Å²) in [5.74, 6) is -1.16. The van der Waals surface area contributed by atoms with Crippen LogP contribution in [0.3, 0.4) is 0 Å². The molecule has 2 aromatic carbocycles. The Morgan fingerprint density at radius 3 is 2.53 bits per heavy atom. The second-order valence-corrected chi connectivity index (χ2v) is 5.84. The third kappa shape index (κ3) is 3.15. The third-order valence-corrected chi connectivity index (χ3v) is 3.91. The molecule has 0 saturated carbocycles. The number of halogens is 2. The van der Waals surface area contributed by atoms with Crippen LogP contribution in [0.1, 0.15) is 0 Å². The molecule has 0 radical (unpaired) electrons. The highest BCUT2D eigenvalue weighted by atomic mass is 35.5. The molecule has 0 aromatic heterocycles. The molecule has 2 rings (SSSR count). The Morgan fingerprint density at radius 2 is 1.89 bits per heavy atom. The van der Waals surface area contributed by atoms with E-state index in [1.54, 1.807) is 0 Å². The van der Waals surface area contributed by atoms with Gasteiger partial charge in [0.05, 0.1) is 10.6 Å². The highest BCUT2D eigenvalue weighted by Gasteiger charge is 2.16. The number of anilines is 1. The topological polar surface area (TPSA) is 66.4 Å². The van der Waals surface area contributed by atoms with Crippen LogP contribution in [0.15, 0.2) is 47.4 Å². The molecule has 2 aromatic rings. The number of hydrogen-bond donors (Lipinski definition) is 2. The smallest absolute Gasteiger partial charge is 0.262 e. The minimum absolute atomic E-state index is 0.0521. The molecule has 0 saturated heterocycles. The SMILES string of the molecule is O=S(=O)(Nc1ccc(F)cc1O)c1cccc(Cl)c1. The van der Waals surface area contributed by atoms with Gasteiger partial charge in [-0.25, -0.2) is 12.8 Å². The Bertz CT molecular complexity index is 719. The Labute approximate surface area is 114 Å². The molecule has 0 amide bonds. The number of benzene rings is 2. The predicted octanol–water partition coefficient (Wildman–Crippen LogP) is 2.99. The van der Waals surface area contributed by atoms with Crippen molar-refractivity contribution in [1.82, 2.24) is 0 Å². The number of phenols is 1. The van der Waals surface area contributed by atoms with E-state index < -0.39 is 21.6 Å². The van der Waals surface area contributed by atoms with Crippen molar-refractivity contribution >= 4 is 27.3 Å². The van der Waals surface area contributed by atoms with Crippen LogP contribution >= 0.6 is 11.6 Å². The predicted molar refractivity (Wildman–Crippen MR) is 70.3 cm³/mol. The lowest BCUT2D eigenvalue weighted by Crippen LogP contribution is -2.13. The van der Waals surface area contributed by atoms with Gasteiger partial charge in [-0.15, -0.1) is 0 Å². The molecule has 100 valence electrons. The maximum atomic E-state index is 12.8. The molecule has 0 unspecified atom stereocenters. The number of nitrogens with one attached hydrogen (secondary N) is 1. The molecule has 19 heavy (non-hydrogen) atoms. The summed E-state index contributed by atoms with van der Waals surface area (Å²) in [5, 5.41) is 9.73. The number of rotatable bonds is 3. The van der Waals surface area contributed by atoms with Gasteiger partial charge in [-0.2, -0.15) is 0 Å². The first-order valence-electron chi connectivity index (χ1n) is 5.15. The van der Waals surface area contributed by atoms with Gasteiger partial charge in [-0.3, -0.25) is 4.72 Å². The zero-order valence-corrected chi connectivity index (χ0v) is 11.0. The minimum Gasteiger partial charge on any atom is -0.506 e. The van der Waals surface area contributed by atoms with Crippen molar-refractivity contribution in [2.45, 2.75) is 4.90 Å². The largest absolute Gasteiger partial charge is 0.506 e. The summed E-state index contributed by atoms with van der Waals surface area (Å²) < 4.78 is 39.0. The van der Waals surface area contributed by atoms with Crippen molar-refractivity contribution in [2.75, 3.05) is 4.72 Å². The van der Waals surface area contributed by atoms with Crippen LogP contribution in [0, 0.1) is 5.82 Å². The highest BCUT2D eigenvalue weighted by molar-refractivity contribution is 7.92. The van der Waals surface area contributed by atoms with E-state index in [-0.39, 0.29) is 15.6 Å². The van der Waals surface area contributed by atoms with Gasteiger partial charge in [0.1, 0.15) is 11.6 Å². The summed E-state index contributed by atoms with van der Waals surface area (Å²) in [6.45, 7) is 0. The van der Waals surface area contributed by atoms with E-state index in [9.17, 15) is 17.9 Å². The van der Waals surface area contributed by atoms with Crippen LogP contribution in [-0.4, -0.2) is 13.5 Å². The molecule has 0 spiro atoms. The quantitative estimate of drug-likeness (QED) is 0.857. The van der Waals surface area contributed by atoms with Gasteiger partial charge in [-0.1, -0.05) is 17.7 Å². The van der Waals surface area contributed by atoms with Crippen molar-refractivity contribution in [3.05, 3.63) is 53.3 Å². The number of hydrogen-bond acceptors (Lipinski definition) is 3. The summed E-state index contributed by atoms with van der Waals surface area (Å²) in [6.07, 6.45) is 0. The van der Waals surface area contributed by atoms with Crippen molar-refractivity contribution in [2.24, 2.45) is 0 Å². The van der Waals surface area contributed by atoms with E-state index in [0.29, 0.717) is 0 Å². The molecule has 0 aliphatic rings. The summed E-state index contributed by atoms with van der Waals surface area (Å²) in [5.41, 5.74) is -0.110. The molecule has 0 aliphatic carbocycles. The monoisotopic (exact) mass is 301 g/mol. The summed E-state index contributed by atoms with van der Waals surface area (Å²) in [7, 11) is -3.89. The third-order valence-electron chi connectivity index (χ3n) is 2.31. The minimum atomic E-state index is -3.89. The lowest BCUT2D eigenvalue weighted by Gasteiger charge is -2.09. The zero-order valence-electron chi connectivity index (χ0n) is 9.47. The fourth-order valence-electron chi connectivity index (χ4n) is 1.43.